The third-order valence-electron chi connectivity index (χ3n) is 10.1. The Morgan fingerprint density at radius 3 is 1.78 bits per heavy atom. The number of allylic oxidation sites excluding steroid dienone is 1. The van der Waals surface area contributed by atoms with Gasteiger partial charge in [-0.15, -0.1) is 0 Å². The van der Waals surface area contributed by atoms with Crippen molar-refractivity contribution in [3.63, 3.8) is 0 Å². The van der Waals surface area contributed by atoms with E-state index in [0.717, 1.165) is 37.0 Å². The Morgan fingerprint density at radius 2 is 1.27 bits per heavy atom. The van der Waals surface area contributed by atoms with Crippen LogP contribution in [-0.2, 0) is 38.2 Å². The Bertz CT molecular complexity index is 1300. The molecule has 0 aromatic rings. The second-order valence-electron chi connectivity index (χ2n) is 15.1. The Hall–Kier alpha value is -4.02. The molecular formula is C39H64NO15+. The van der Waals surface area contributed by atoms with E-state index >= 15 is 0 Å². The van der Waals surface area contributed by atoms with Crippen molar-refractivity contribution in [1.29, 1.82) is 0 Å². The zero-order valence-electron chi connectivity index (χ0n) is 32.6. The van der Waals surface area contributed by atoms with Crippen LogP contribution in [0.25, 0.3) is 0 Å². The molecule has 0 fully saturated rings. The highest BCUT2D eigenvalue weighted by Gasteiger charge is 2.37. The normalized spacial score (nSPS) is 19.0. The second-order valence-corrected chi connectivity index (χ2v) is 15.1. The van der Waals surface area contributed by atoms with E-state index in [9.17, 15) is 54.3 Å². The first-order valence-corrected chi connectivity index (χ1v) is 19.4. The van der Waals surface area contributed by atoms with Crippen molar-refractivity contribution in [2.75, 3.05) is 6.54 Å². The van der Waals surface area contributed by atoms with Crippen LogP contribution in [-0.4, -0.2) is 109 Å². The number of nitrogens with one attached hydrogen (secondary N) is 1. The molecule has 1 rings (SSSR count). The number of esters is 2. The number of quaternary nitrogens is 1. The van der Waals surface area contributed by atoms with Gasteiger partial charge in [-0.05, 0) is 50.2 Å². The van der Waals surface area contributed by atoms with Gasteiger partial charge in [0.1, 0.15) is 37.1 Å². The highest BCUT2D eigenvalue weighted by molar-refractivity contribution is 5.83. The number of unbranched alkanes of at least 4 members (excludes halogenated alkanes) is 4. The molecule has 0 saturated carbocycles. The molecule has 10 unspecified atom stereocenters. The van der Waals surface area contributed by atoms with E-state index in [1.165, 1.54) is 0 Å². The Kier molecular flexibility index (Phi) is 23.1. The maximum atomic E-state index is 13.1. The van der Waals surface area contributed by atoms with Gasteiger partial charge >= 0.3 is 35.8 Å². The molecule has 10 atom stereocenters. The third kappa shape index (κ3) is 20.5. The minimum absolute atomic E-state index is 0.103. The van der Waals surface area contributed by atoms with Gasteiger partial charge < -0.3 is 45.2 Å². The Labute approximate surface area is 323 Å². The summed E-state index contributed by atoms with van der Waals surface area (Å²) in [5.74, 6) is -11.3. The fourth-order valence-electron chi connectivity index (χ4n) is 6.75. The average molecular weight is 787 g/mol. The van der Waals surface area contributed by atoms with Crippen LogP contribution in [0.3, 0.4) is 0 Å². The summed E-state index contributed by atoms with van der Waals surface area (Å²) >= 11 is 0. The summed E-state index contributed by atoms with van der Waals surface area (Å²) in [6.45, 7) is 8.14. The molecule has 0 saturated heterocycles. The molecule has 314 valence electrons. The van der Waals surface area contributed by atoms with Gasteiger partial charge in [0.05, 0.1) is 43.6 Å². The van der Waals surface area contributed by atoms with Crippen molar-refractivity contribution >= 4 is 35.8 Å². The summed E-state index contributed by atoms with van der Waals surface area (Å²) < 4.78 is 11.5. The summed E-state index contributed by atoms with van der Waals surface area (Å²) in [4.78, 5) is 72.9. The van der Waals surface area contributed by atoms with Crippen molar-refractivity contribution in [1.82, 2.24) is 0 Å². The molecule has 0 bridgehead atoms. The maximum Gasteiger partial charge on any atom is 0.307 e. The Balaban J connectivity index is 2.96. The number of aliphatic hydroxyl groups excluding tert-OH is 3. The topological polar surface area (TPSA) is 267 Å². The van der Waals surface area contributed by atoms with Gasteiger partial charge in [-0.3, -0.25) is 33.7 Å². The standard InChI is InChI=1S/C39H63NO15/c1-5-6-13-25(3)37(55-36(49)21-28(39(52)53)19-34(46)47)32(54-35(48)20-27(38(50)51)18-33(44)45)17-24(2)12-9-7-8-10-14-29(41)22-31(43)26(4)40-16-11-15-30(42)23-40/h11,15,23-29,31-32,37,41-43H,5-10,12-14,16-22H2,1-4H3,(H,44,45)(H,46,47)(H,50,51)(H,52,53)/p+1. The van der Waals surface area contributed by atoms with Gasteiger partial charge in [-0.2, -0.15) is 0 Å². The lowest BCUT2D eigenvalue weighted by molar-refractivity contribution is -0.872. The van der Waals surface area contributed by atoms with Crippen molar-refractivity contribution in [3.05, 3.63) is 24.1 Å². The van der Waals surface area contributed by atoms with Gasteiger partial charge in [0.15, 0.2) is 5.76 Å². The summed E-state index contributed by atoms with van der Waals surface area (Å²) in [7, 11) is 0. The number of carbonyl (C=O) groups is 6. The monoisotopic (exact) mass is 786 g/mol. The molecule has 0 aromatic carbocycles. The molecule has 0 spiro atoms. The second kappa shape index (κ2) is 25.9. The molecule has 16 nitrogen and oxygen atoms in total. The van der Waals surface area contributed by atoms with Crippen LogP contribution in [0.2, 0.25) is 0 Å². The molecule has 1 heterocycles. The molecule has 1 aliphatic heterocycles. The number of hydrogen-bond donors (Lipinski definition) is 8. The van der Waals surface area contributed by atoms with E-state index in [0.29, 0.717) is 32.2 Å². The minimum Gasteiger partial charge on any atom is -0.503 e. The molecular weight excluding hydrogens is 722 g/mol. The van der Waals surface area contributed by atoms with E-state index in [2.05, 4.69) is 0 Å². The number of carboxylic acid groups (broad SMARTS) is 4. The lowest BCUT2D eigenvalue weighted by Crippen LogP contribution is -3.12. The van der Waals surface area contributed by atoms with Crippen molar-refractivity contribution in [3.8, 4) is 0 Å². The Morgan fingerprint density at radius 1 is 0.727 bits per heavy atom. The zero-order chi connectivity index (χ0) is 41.7. The smallest absolute Gasteiger partial charge is 0.307 e. The molecule has 0 aromatic heterocycles. The van der Waals surface area contributed by atoms with Crippen molar-refractivity contribution in [2.24, 2.45) is 23.7 Å². The first-order chi connectivity index (χ1) is 25.8. The lowest BCUT2D eigenvalue weighted by atomic mass is 9.87. The predicted molar refractivity (Wildman–Crippen MR) is 198 cm³/mol. The van der Waals surface area contributed by atoms with Crippen LogP contribution in [0, 0.1) is 23.7 Å². The van der Waals surface area contributed by atoms with Gasteiger partial charge in [0.25, 0.3) is 0 Å². The van der Waals surface area contributed by atoms with Crippen LogP contribution in [0.15, 0.2) is 24.1 Å². The fourth-order valence-corrected chi connectivity index (χ4v) is 6.75. The van der Waals surface area contributed by atoms with E-state index in [1.54, 1.807) is 19.2 Å². The molecule has 0 amide bonds. The van der Waals surface area contributed by atoms with E-state index in [-0.39, 0.29) is 30.6 Å². The summed E-state index contributed by atoms with van der Waals surface area (Å²) in [6, 6.07) is -0.217. The lowest BCUT2D eigenvalue weighted by Gasteiger charge is -2.33. The van der Waals surface area contributed by atoms with Gasteiger partial charge in [0.2, 0.25) is 0 Å². The third-order valence-corrected chi connectivity index (χ3v) is 10.1. The SMILES string of the molecule is CCCCC(C)C(OC(=O)CC(CC(=O)O)C(=O)O)C(CC(C)CCCCCCC(O)CC(O)C(C)[NH+]1C=C(O)C=CC1)OC(=O)CC(CC(=O)O)C(=O)O. The van der Waals surface area contributed by atoms with Crippen LogP contribution in [0.1, 0.15) is 124 Å². The number of aliphatic carboxylic acids is 4. The average Bonchev–Trinajstić information content (AvgIpc) is 3.09. The fraction of sp³-hybridized carbons (Fsp3) is 0.744. The number of carbonyl (C=O) groups excluding carboxylic acids is 2. The molecule has 16 heteroatoms. The van der Waals surface area contributed by atoms with E-state index < -0.39 is 104 Å². The molecule has 0 aliphatic carbocycles. The highest BCUT2D eigenvalue weighted by atomic mass is 16.6. The molecule has 55 heavy (non-hydrogen) atoms. The quantitative estimate of drug-likeness (QED) is 0.0383. The van der Waals surface area contributed by atoms with Gasteiger partial charge in [0, 0.05) is 6.42 Å². The largest absolute Gasteiger partial charge is 0.503 e. The zero-order valence-corrected chi connectivity index (χ0v) is 32.6. The number of rotatable bonds is 30. The van der Waals surface area contributed by atoms with Gasteiger partial charge in [-0.25, -0.2) is 0 Å². The van der Waals surface area contributed by atoms with Crippen LogP contribution in [0.5, 0.6) is 0 Å². The minimum atomic E-state index is -1.56. The highest BCUT2D eigenvalue weighted by Crippen LogP contribution is 2.29. The first-order valence-electron chi connectivity index (χ1n) is 19.4. The summed E-state index contributed by atoms with van der Waals surface area (Å²) in [5, 5.41) is 68.2. The maximum absolute atomic E-state index is 13.1. The molecule has 0 radical (unpaired) electrons. The summed E-state index contributed by atoms with van der Waals surface area (Å²) in [5.41, 5.74) is 0. The first kappa shape index (κ1) is 49.0. The van der Waals surface area contributed by atoms with Crippen LogP contribution >= 0.6 is 0 Å². The van der Waals surface area contributed by atoms with Crippen LogP contribution < -0.4 is 4.90 Å². The number of aliphatic hydroxyl groups is 3. The number of hydrogen-bond acceptors (Lipinski definition) is 11. The van der Waals surface area contributed by atoms with Crippen molar-refractivity contribution in [2.45, 2.75) is 154 Å². The summed E-state index contributed by atoms with van der Waals surface area (Å²) in [6.07, 6.45) is 5.08. The van der Waals surface area contributed by atoms with E-state index in [4.69, 9.17) is 19.7 Å². The van der Waals surface area contributed by atoms with Gasteiger partial charge in [-0.1, -0.05) is 65.7 Å². The molecule has 8 N–H and O–H groups in total. The number of ether oxygens (including phenoxy) is 2. The van der Waals surface area contributed by atoms with E-state index in [1.807, 2.05) is 26.8 Å². The van der Waals surface area contributed by atoms with Crippen molar-refractivity contribution < 1.29 is 78.9 Å². The predicted octanol–water partition coefficient (Wildman–Crippen LogP) is 3.49. The number of carboxylic acids is 4. The molecule has 1 aliphatic rings. The van der Waals surface area contributed by atoms with Crippen LogP contribution in [0.4, 0.5) is 0 Å².